The van der Waals surface area contributed by atoms with E-state index in [1.54, 1.807) is 0 Å². The first-order valence-electron chi connectivity index (χ1n) is 7.13. The molecular weight excluding hydrogens is 236 g/mol. The van der Waals surface area contributed by atoms with Crippen molar-refractivity contribution in [3.63, 3.8) is 0 Å². The number of anilines is 1. The lowest BCUT2D eigenvalue weighted by molar-refractivity contribution is -0.117. The van der Waals surface area contributed by atoms with Gasteiger partial charge in [0.2, 0.25) is 5.91 Å². The number of carbonyl (C=O) groups is 1. The molecule has 2 rings (SSSR count). The van der Waals surface area contributed by atoms with Crippen LogP contribution in [-0.4, -0.2) is 18.5 Å². The molecule has 0 bridgehead atoms. The van der Waals surface area contributed by atoms with Crippen LogP contribution in [0.4, 0.5) is 5.69 Å². The van der Waals surface area contributed by atoms with Gasteiger partial charge < -0.3 is 10.6 Å². The molecule has 0 saturated carbocycles. The van der Waals surface area contributed by atoms with Crippen molar-refractivity contribution < 1.29 is 4.79 Å². The highest BCUT2D eigenvalue weighted by Gasteiger charge is 2.28. The molecule has 3 nitrogen and oxygen atoms in total. The first kappa shape index (κ1) is 13.9. The average molecular weight is 260 g/mol. The normalized spacial score (nSPS) is 18.5. The van der Waals surface area contributed by atoms with Crippen LogP contribution in [0.2, 0.25) is 0 Å². The summed E-state index contributed by atoms with van der Waals surface area (Å²) in [6.45, 7) is 7.35. The molecule has 1 aliphatic rings. The highest BCUT2D eigenvalue weighted by molar-refractivity contribution is 5.74. The molecule has 3 heteroatoms. The van der Waals surface area contributed by atoms with Gasteiger partial charge in [0, 0.05) is 24.7 Å². The molecule has 0 aliphatic carbocycles. The van der Waals surface area contributed by atoms with Gasteiger partial charge in [-0.1, -0.05) is 26.0 Å². The SMILES string of the molecule is Cc1ccc2c(c1)N(CCC(N)=O)C(C(C)C)CC2. The monoisotopic (exact) mass is 260 g/mol. The van der Waals surface area contributed by atoms with Crippen LogP contribution in [-0.2, 0) is 11.2 Å². The fraction of sp³-hybridized carbons (Fsp3) is 0.562. The van der Waals surface area contributed by atoms with E-state index in [9.17, 15) is 4.79 Å². The topological polar surface area (TPSA) is 46.3 Å². The lowest BCUT2D eigenvalue weighted by Crippen LogP contribution is -2.44. The van der Waals surface area contributed by atoms with E-state index < -0.39 is 0 Å². The zero-order valence-corrected chi connectivity index (χ0v) is 12.1. The molecule has 1 unspecified atom stereocenters. The van der Waals surface area contributed by atoms with Crippen molar-refractivity contribution in [3.05, 3.63) is 29.3 Å². The Morgan fingerprint density at radius 1 is 1.47 bits per heavy atom. The number of hydrogen-bond donors (Lipinski definition) is 1. The molecule has 1 atom stereocenters. The Labute approximate surface area is 115 Å². The molecular formula is C16H24N2O. The molecule has 1 aromatic carbocycles. The summed E-state index contributed by atoms with van der Waals surface area (Å²) >= 11 is 0. The Kier molecular flexibility index (Phi) is 4.13. The summed E-state index contributed by atoms with van der Waals surface area (Å²) in [5.41, 5.74) is 9.28. The van der Waals surface area contributed by atoms with Crippen LogP contribution in [0.1, 0.15) is 37.8 Å². The number of nitrogens with zero attached hydrogens (tertiary/aromatic N) is 1. The predicted molar refractivity (Wildman–Crippen MR) is 79.3 cm³/mol. The van der Waals surface area contributed by atoms with Gasteiger partial charge in [-0.3, -0.25) is 4.79 Å². The zero-order valence-electron chi connectivity index (χ0n) is 12.1. The third-order valence-corrected chi connectivity index (χ3v) is 4.03. The van der Waals surface area contributed by atoms with Gasteiger partial charge in [0.15, 0.2) is 0 Å². The van der Waals surface area contributed by atoms with Gasteiger partial charge in [-0.05, 0) is 42.9 Å². The number of nitrogens with two attached hydrogens (primary N) is 1. The van der Waals surface area contributed by atoms with E-state index in [1.165, 1.54) is 16.8 Å². The fourth-order valence-corrected chi connectivity index (χ4v) is 3.00. The van der Waals surface area contributed by atoms with Crippen molar-refractivity contribution in [1.29, 1.82) is 0 Å². The Balaban J connectivity index is 2.31. The van der Waals surface area contributed by atoms with E-state index in [1.807, 2.05) is 0 Å². The molecule has 104 valence electrons. The van der Waals surface area contributed by atoms with Crippen LogP contribution in [0.25, 0.3) is 0 Å². The van der Waals surface area contributed by atoms with Gasteiger partial charge in [0.25, 0.3) is 0 Å². The minimum absolute atomic E-state index is 0.220. The van der Waals surface area contributed by atoms with Crippen LogP contribution < -0.4 is 10.6 Å². The maximum atomic E-state index is 11.1. The standard InChI is InChI=1S/C16H24N2O/c1-11(2)14-7-6-13-5-4-12(3)10-15(13)18(14)9-8-16(17)19/h4-5,10-11,14H,6-9H2,1-3H3,(H2,17,19). The molecule has 1 aliphatic heterocycles. The fourth-order valence-electron chi connectivity index (χ4n) is 3.00. The minimum Gasteiger partial charge on any atom is -0.370 e. The smallest absolute Gasteiger partial charge is 0.219 e. The molecule has 0 radical (unpaired) electrons. The maximum absolute atomic E-state index is 11.1. The number of primary amides is 1. The summed E-state index contributed by atoms with van der Waals surface area (Å²) in [6.07, 6.45) is 2.72. The number of hydrogen-bond acceptors (Lipinski definition) is 2. The second-order valence-corrected chi connectivity index (χ2v) is 5.89. The molecule has 0 fully saturated rings. The van der Waals surface area contributed by atoms with Gasteiger partial charge >= 0.3 is 0 Å². The largest absolute Gasteiger partial charge is 0.370 e. The third kappa shape index (κ3) is 3.09. The highest BCUT2D eigenvalue weighted by Crippen LogP contribution is 2.34. The van der Waals surface area contributed by atoms with Crippen LogP contribution >= 0.6 is 0 Å². The number of amides is 1. The van der Waals surface area contributed by atoms with Crippen molar-refractivity contribution in [2.24, 2.45) is 11.7 Å². The van der Waals surface area contributed by atoms with Crippen molar-refractivity contribution in [1.82, 2.24) is 0 Å². The molecule has 19 heavy (non-hydrogen) atoms. The number of fused-ring (bicyclic) bond motifs is 1. The lowest BCUT2D eigenvalue weighted by Gasteiger charge is -2.41. The van der Waals surface area contributed by atoms with E-state index in [-0.39, 0.29) is 5.91 Å². The van der Waals surface area contributed by atoms with E-state index in [4.69, 9.17) is 5.73 Å². The molecule has 1 aromatic rings. The number of rotatable bonds is 4. The van der Waals surface area contributed by atoms with Crippen LogP contribution in [0.15, 0.2) is 18.2 Å². The first-order chi connectivity index (χ1) is 8.99. The average Bonchev–Trinajstić information content (AvgIpc) is 2.35. The summed E-state index contributed by atoms with van der Waals surface area (Å²) in [4.78, 5) is 13.5. The van der Waals surface area contributed by atoms with E-state index in [2.05, 4.69) is 43.9 Å². The van der Waals surface area contributed by atoms with Crippen molar-refractivity contribution >= 4 is 11.6 Å². The van der Waals surface area contributed by atoms with Gasteiger partial charge in [0.05, 0.1) is 0 Å². The summed E-state index contributed by atoms with van der Waals surface area (Å²) < 4.78 is 0. The predicted octanol–water partition coefficient (Wildman–Crippen LogP) is 2.65. The van der Waals surface area contributed by atoms with Gasteiger partial charge in [-0.2, -0.15) is 0 Å². The zero-order chi connectivity index (χ0) is 14.0. The summed E-state index contributed by atoms with van der Waals surface area (Å²) in [7, 11) is 0. The van der Waals surface area contributed by atoms with E-state index in [0.29, 0.717) is 18.4 Å². The Hall–Kier alpha value is -1.51. The Bertz CT molecular complexity index is 468. The summed E-state index contributed by atoms with van der Waals surface area (Å²) in [6, 6.07) is 7.14. The Morgan fingerprint density at radius 2 is 2.21 bits per heavy atom. The van der Waals surface area contributed by atoms with E-state index in [0.717, 1.165) is 19.4 Å². The van der Waals surface area contributed by atoms with Gasteiger partial charge in [0.1, 0.15) is 0 Å². The van der Waals surface area contributed by atoms with Crippen molar-refractivity contribution in [2.75, 3.05) is 11.4 Å². The Morgan fingerprint density at radius 3 is 2.84 bits per heavy atom. The number of benzene rings is 1. The second kappa shape index (κ2) is 5.64. The molecule has 0 saturated heterocycles. The van der Waals surface area contributed by atoms with Crippen LogP contribution in [0.3, 0.4) is 0 Å². The van der Waals surface area contributed by atoms with E-state index >= 15 is 0 Å². The van der Waals surface area contributed by atoms with Gasteiger partial charge in [-0.15, -0.1) is 0 Å². The number of aryl methyl sites for hydroxylation is 2. The quantitative estimate of drug-likeness (QED) is 0.904. The summed E-state index contributed by atoms with van der Waals surface area (Å²) in [5, 5.41) is 0. The molecule has 1 amide bonds. The lowest BCUT2D eigenvalue weighted by atomic mass is 9.88. The summed E-state index contributed by atoms with van der Waals surface area (Å²) in [5.74, 6) is 0.365. The molecule has 0 aromatic heterocycles. The van der Waals surface area contributed by atoms with Crippen LogP contribution in [0, 0.1) is 12.8 Å². The molecule has 1 heterocycles. The molecule has 0 spiro atoms. The van der Waals surface area contributed by atoms with Crippen LogP contribution in [0.5, 0.6) is 0 Å². The van der Waals surface area contributed by atoms with Gasteiger partial charge in [-0.25, -0.2) is 0 Å². The van der Waals surface area contributed by atoms with Crippen molar-refractivity contribution in [3.8, 4) is 0 Å². The highest BCUT2D eigenvalue weighted by atomic mass is 16.1. The first-order valence-corrected chi connectivity index (χ1v) is 7.13. The third-order valence-electron chi connectivity index (χ3n) is 4.03. The van der Waals surface area contributed by atoms with Crippen molar-refractivity contribution in [2.45, 2.75) is 46.1 Å². The minimum atomic E-state index is -0.220. The maximum Gasteiger partial charge on any atom is 0.219 e. The molecule has 2 N–H and O–H groups in total. The second-order valence-electron chi connectivity index (χ2n) is 5.89. The number of carbonyl (C=O) groups excluding carboxylic acids is 1.